The molecule has 0 spiro atoms. The smallest absolute Gasteiger partial charge is 0.306 e. The molecule has 0 rings (SSSR count). The minimum Gasteiger partial charge on any atom is -0.462 e. The largest absolute Gasteiger partial charge is 0.462 e. The Bertz CT molecular complexity index is 1260. The maximum Gasteiger partial charge on any atom is 0.306 e. The summed E-state index contributed by atoms with van der Waals surface area (Å²) in [6, 6.07) is 0. The van der Waals surface area contributed by atoms with Crippen LogP contribution in [0, 0.1) is 0 Å². The van der Waals surface area contributed by atoms with Crippen LogP contribution in [-0.2, 0) is 28.6 Å². The second-order valence-corrected chi connectivity index (χ2v) is 25.6. The zero-order valence-electron chi connectivity index (χ0n) is 55.4. The van der Waals surface area contributed by atoms with Crippen molar-refractivity contribution in [2.45, 2.75) is 438 Å². The van der Waals surface area contributed by atoms with Crippen LogP contribution in [0.2, 0.25) is 0 Å². The molecule has 0 fully saturated rings. The summed E-state index contributed by atoms with van der Waals surface area (Å²) >= 11 is 0. The Hall–Kier alpha value is -1.85. The molecule has 0 aromatic carbocycles. The number of carbonyl (C=O) groups excluding carboxylic acids is 3. The number of allylic oxidation sites excluding steroid dienone is 2. The highest BCUT2D eigenvalue weighted by Gasteiger charge is 2.20. The Morgan fingerprint density at radius 2 is 0.407 bits per heavy atom. The second-order valence-electron chi connectivity index (χ2n) is 25.6. The fourth-order valence-electron chi connectivity index (χ4n) is 11.7. The van der Waals surface area contributed by atoms with E-state index in [4.69, 9.17) is 14.2 Å². The van der Waals surface area contributed by atoms with Crippen LogP contribution in [0.25, 0.3) is 0 Å². The molecule has 1 unspecified atom stereocenters. The molecule has 480 valence electrons. The first-order valence-electron chi connectivity index (χ1n) is 37.2. The molecule has 0 saturated carbocycles. The average molecular weight is 1140 g/mol. The summed E-state index contributed by atoms with van der Waals surface area (Å²) in [5, 5.41) is 0. The molecule has 0 aliphatic carbocycles. The van der Waals surface area contributed by atoms with E-state index < -0.39 is 6.10 Å². The van der Waals surface area contributed by atoms with Gasteiger partial charge in [0.2, 0.25) is 0 Å². The second kappa shape index (κ2) is 70.6. The predicted octanol–water partition coefficient (Wildman–Crippen LogP) is 25.6. The van der Waals surface area contributed by atoms with Gasteiger partial charge in [-0.25, -0.2) is 0 Å². The number of ether oxygens (including phenoxy) is 3. The van der Waals surface area contributed by atoms with E-state index in [-0.39, 0.29) is 31.1 Å². The zero-order valence-corrected chi connectivity index (χ0v) is 55.4. The Morgan fingerprint density at radius 3 is 0.617 bits per heavy atom. The van der Waals surface area contributed by atoms with Gasteiger partial charge >= 0.3 is 17.9 Å². The molecule has 0 saturated heterocycles. The van der Waals surface area contributed by atoms with E-state index >= 15 is 0 Å². The molecule has 0 aliphatic heterocycles. The molecule has 0 amide bonds. The van der Waals surface area contributed by atoms with Gasteiger partial charge in [-0.3, -0.25) is 14.4 Å². The molecule has 6 nitrogen and oxygen atoms in total. The van der Waals surface area contributed by atoms with Crippen LogP contribution < -0.4 is 0 Å². The van der Waals surface area contributed by atoms with Crippen molar-refractivity contribution in [2.24, 2.45) is 0 Å². The Kier molecular flexibility index (Phi) is 69.0. The summed E-state index contributed by atoms with van der Waals surface area (Å²) in [6.07, 6.45) is 85.4. The highest BCUT2D eigenvalue weighted by molar-refractivity contribution is 5.71. The van der Waals surface area contributed by atoms with Crippen molar-refractivity contribution in [3.63, 3.8) is 0 Å². The summed E-state index contributed by atoms with van der Waals surface area (Å²) in [5.74, 6) is -0.821. The lowest BCUT2D eigenvalue weighted by Crippen LogP contribution is -2.30. The van der Waals surface area contributed by atoms with E-state index in [0.717, 1.165) is 57.8 Å². The van der Waals surface area contributed by atoms with Gasteiger partial charge in [0.1, 0.15) is 13.2 Å². The van der Waals surface area contributed by atoms with Crippen molar-refractivity contribution in [1.29, 1.82) is 0 Å². The molecule has 81 heavy (non-hydrogen) atoms. The van der Waals surface area contributed by atoms with Gasteiger partial charge < -0.3 is 14.2 Å². The quantitative estimate of drug-likeness (QED) is 0.0261. The lowest BCUT2D eigenvalue weighted by molar-refractivity contribution is -0.167. The van der Waals surface area contributed by atoms with Crippen LogP contribution in [0.1, 0.15) is 432 Å². The molecule has 6 heteroatoms. The van der Waals surface area contributed by atoms with E-state index in [1.807, 2.05) is 0 Å². The van der Waals surface area contributed by atoms with E-state index in [1.165, 1.54) is 334 Å². The van der Waals surface area contributed by atoms with Gasteiger partial charge in [-0.05, 0) is 44.9 Å². The highest BCUT2D eigenvalue weighted by Crippen LogP contribution is 2.19. The summed E-state index contributed by atoms with van der Waals surface area (Å²) in [7, 11) is 0. The molecular weight excluding hydrogens is 997 g/mol. The number of esters is 3. The van der Waals surface area contributed by atoms with Gasteiger partial charge in [0, 0.05) is 19.3 Å². The number of hydrogen-bond acceptors (Lipinski definition) is 6. The fraction of sp³-hybridized carbons (Fsp3) is 0.933. The molecule has 0 aromatic heterocycles. The number of unbranched alkanes of at least 4 members (excludes halogenated alkanes) is 57. The predicted molar refractivity (Wildman–Crippen MR) is 353 cm³/mol. The minimum atomic E-state index is -0.765. The number of rotatable bonds is 70. The molecule has 0 heterocycles. The maximum absolute atomic E-state index is 13.0. The van der Waals surface area contributed by atoms with Crippen molar-refractivity contribution >= 4 is 17.9 Å². The summed E-state index contributed by atoms with van der Waals surface area (Å²) < 4.78 is 17.0. The lowest BCUT2D eigenvalue weighted by atomic mass is 10.0. The molecule has 0 aliphatic rings. The SMILES string of the molecule is CCCCCCCCCC/C=C\CCCCCCCCCCCCCCCCCCCC(=O)OCC(COC(=O)CCCCCCCCCCCCCCCCCC)OC(=O)CCCCCCCCCCCCCCCCCCCC. The Balaban J connectivity index is 4.18. The third kappa shape index (κ3) is 68.8. The molecule has 0 bridgehead atoms. The Labute approximate surface area is 507 Å². The van der Waals surface area contributed by atoms with Crippen molar-refractivity contribution in [3.05, 3.63) is 12.2 Å². The molecule has 0 radical (unpaired) electrons. The van der Waals surface area contributed by atoms with Crippen LogP contribution in [0.5, 0.6) is 0 Å². The zero-order chi connectivity index (χ0) is 58.5. The first-order chi connectivity index (χ1) is 40.0. The lowest BCUT2D eigenvalue weighted by Gasteiger charge is -2.18. The number of hydrogen-bond donors (Lipinski definition) is 0. The molecule has 1 atom stereocenters. The van der Waals surface area contributed by atoms with Gasteiger partial charge in [0.25, 0.3) is 0 Å². The van der Waals surface area contributed by atoms with Crippen LogP contribution in [-0.4, -0.2) is 37.2 Å². The third-order valence-electron chi connectivity index (χ3n) is 17.3. The van der Waals surface area contributed by atoms with E-state index in [0.29, 0.717) is 19.3 Å². The molecular formula is C75H144O6. The number of carbonyl (C=O) groups is 3. The summed E-state index contributed by atoms with van der Waals surface area (Å²) in [4.78, 5) is 38.5. The molecule has 0 aromatic rings. The van der Waals surface area contributed by atoms with E-state index in [9.17, 15) is 14.4 Å². The highest BCUT2D eigenvalue weighted by atomic mass is 16.6. The van der Waals surface area contributed by atoms with Crippen LogP contribution in [0.15, 0.2) is 12.2 Å². The van der Waals surface area contributed by atoms with Crippen molar-refractivity contribution < 1.29 is 28.6 Å². The maximum atomic E-state index is 13.0. The summed E-state index contributed by atoms with van der Waals surface area (Å²) in [6.45, 7) is 6.74. The van der Waals surface area contributed by atoms with Crippen LogP contribution in [0.3, 0.4) is 0 Å². The van der Waals surface area contributed by atoms with Crippen LogP contribution >= 0.6 is 0 Å². The topological polar surface area (TPSA) is 78.9 Å². The summed E-state index contributed by atoms with van der Waals surface area (Å²) in [5.41, 5.74) is 0. The van der Waals surface area contributed by atoms with Gasteiger partial charge in [0.05, 0.1) is 0 Å². The fourth-order valence-corrected chi connectivity index (χ4v) is 11.7. The van der Waals surface area contributed by atoms with E-state index in [1.54, 1.807) is 0 Å². The molecule has 0 N–H and O–H groups in total. The Morgan fingerprint density at radius 1 is 0.235 bits per heavy atom. The standard InChI is InChI=1S/C75H144O6/c1-4-7-10-13-16-19-22-25-28-31-33-34-35-36-37-38-39-40-41-42-43-45-47-50-53-56-59-62-65-68-74(77)80-71-72(70-79-73(76)67-64-61-58-55-52-49-46-30-27-24-21-18-15-12-9-6-3)81-75(78)69-66-63-60-57-54-51-48-44-32-29-26-23-20-17-14-11-8-5-2/h31,33,72H,4-30,32,34-71H2,1-3H3/b33-31-. The third-order valence-corrected chi connectivity index (χ3v) is 17.3. The minimum absolute atomic E-state index is 0.0616. The average Bonchev–Trinajstić information content (AvgIpc) is 3.47. The first-order valence-corrected chi connectivity index (χ1v) is 37.2. The first kappa shape index (κ1) is 79.2. The van der Waals surface area contributed by atoms with Crippen molar-refractivity contribution in [1.82, 2.24) is 0 Å². The van der Waals surface area contributed by atoms with Crippen LogP contribution in [0.4, 0.5) is 0 Å². The van der Waals surface area contributed by atoms with Gasteiger partial charge in [-0.2, -0.15) is 0 Å². The van der Waals surface area contributed by atoms with Gasteiger partial charge in [-0.1, -0.05) is 380 Å². The van der Waals surface area contributed by atoms with Crippen molar-refractivity contribution in [2.75, 3.05) is 13.2 Å². The van der Waals surface area contributed by atoms with Crippen molar-refractivity contribution in [3.8, 4) is 0 Å². The van der Waals surface area contributed by atoms with Gasteiger partial charge in [-0.15, -0.1) is 0 Å². The van der Waals surface area contributed by atoms with E-state index in [2.05, 4.69) is 32.9 Å². The normalized spacial score (nSPS) is 12.0. The van der Waals surface area contributed by atoms with Gasteiger partial charge in [0.15, 0.2) is 6.10 Å². The monoisotopic (exact) mass is 1140 g/mol.